The Hall–Kier alpha value is -1.06. The Labute approximate surface area is 154 Å². The van der Waals surface area contributed by atoms with E-state index in [9.17, 15) is 19.8 Å². The van der Waals surface area contributed by atoms with E-state index in [2.05, 4.69) is 13.8 Å². The number of hydrogen-bond acceptors (Lipinski definition) is 2. The van der Waals surface area contributed by atoms with Crippen LogP contribution < -0.4 is 0 Å². The van der Waals surface area contributed by atoms with E-state index in [1.165, 1.54) is 0 Å². The van der Waals surface area contributed by atoms with Gasteiger partial charge in [0, 0.05) is 5.41 Å². The number of carbonyl (C=O) groups is 2. The maximum atomic E-state index is 12.5. The number of hydrogen-bond donors (Lipinski definition) is 2. The number of carboxylic acids is 2. The summed E-state index contributed by atoms with van der Waals surface area (Å²) in [7, 11) is 0. The molecule has 4 heteroatoms. The van der Waals surface area contributed by atoms with Gasteiger partial charge in [0.2, 0.25) is 0 Å². The van der Waals surface area contributed by atoms with Gasteiger partial charge < -0.3 is 10.2 Å². The zero-order valence-corrected chi connectivity index (χ0v) is 17.1. The van der Waals surface area contributed by atoms with E-state index in [1.54, 1.807) is 0 Å². The Bertz CT molecular complexity index is 383. The van der Waals surface area contributed by atoms with Crippen molar-refractivity contribution in [1.82, 2.24) is 0 Å². The average Bonchev–Trinajstić information content (AvgIpc) is 2.55. The molecule has 0 radical (unpaired) electrons. The summed E-state index contributed by atoms with van der Waals surface area (Å²) in [5.74, 6) is -2.13. The summed E-state index contributed by atoms with van der Waals surface area (Å²) < 4.78 is 0. The van der Waals surface area contributed by atoms with Crippen LogP contribution >= 0.6 is 0 Å². The van der Waals surface area contributed by atoms with E-state index >= 15 is 0 Å². The van der Waals surface area contributed by atoms with Gasteiger partial charge in [-0.25, -0.2) is 0 Å². The van der Waals surface area contributed by atoms with Crippen LogP contribution in [0.15, 0.2) is 0 Å². The minimum Gasteiger partial charge on any atom is -0.480 e. The molecule has 0 aliphatic heterocycles. The van der Waals surface area contributed by atoms with Crippen LogP contribution in [0.25, 0.3) is 0 Å². The molecular formula is C21H40O4. The minimum absolute atomic E-state index is 0.149. The first-order chi connectivity index (χ1) is 11.8. The molecule has 0 bridgehead atoms. The van der Waals surface area contributed by atoms with E-state index < -0.39 is 22.8 Å². The third kappa shape index (κ3) is 4.98. The van der Waals surface area contributed by atoms with Crippen LogP contribution in [0.1, 0.15) is 105 Å². The van der Waals surface area contributed by atoms with Crippen molar-refractivity contribution in [1.29, 1.82) is 0 Å². The highest BCUT2D eigenvalue weighted by molar-refractivity contribution is 5.99. The third-order valence-corrected chi connectivity index (χ3v) is 5.92. The molecular weight excluding hydrogens is 316 g/mol. The van der Waals surface area contributed by atoms with Crippen molar-refractivity contribution in [2.75, 3.05) is 0 Å². The topological polar surface area (TPSA) is 74.6 Å². The number of aliphatic carboxylic acids is 2. The van der Waals surface area contributed by atoms with Gasteiger partial charge in [-0.1, -0.05) is 79.6 Å². The highest BCUT2D eigenvalue weighted by Crippen LogP contribution is 2.57. The molecule has 1 unspecified atom stereocenters. The second kappa shape index (κ2) is 11.5. The van der Waals surface area contributed by atoms with Crippen LogP contribution in [0, 0.1) is 16.7 Å². The first-order valence-electron chi connectivity index (χ1n) is 10.3. The molecule has 0 rings (SSSR count). The van der Waals surface area contributed by atoms with Crippen LogP contribution in [0.2, 0.25) is 0 Å². The number of carboxylic acid groups (broad SMARTS) is 2. The summed E-state index contributed by atoms with van der Waals surface area (Å²) in [6.45, 7) is 10.2. The predicted molar refractivity (Wildman–Crippen MR) is 103 cm³/mol. The Morgan fingerprint density at radius 2 is 1.20 bits per heavy atom. The molecule has 0 aromatic rings. The second-order valence-corrected chi connectivity index (χ2v) is 7.55. The van der Waals surface area contributed by atoms with Gasteiger partial charge in [0.15, 0.2) is 5.41 Å². The van der Waals surface area contributed by atoms with Crippen LogP contribution in [0.5, 0.6) is 0 Å². The van der Waals surface area contributed by atoms with Gasteiger partial charge in [-0.2, -0.15) is 0 Å². The maximum absolute atomic E-state index is 12.5. The minimum atomic E-state index is -1.68. The fraction of sp³-hybridized carbons (Fsp3) is 0.905. The smallest absolute Gasteiger partial charge is 0.321 e. The van der Waals surface area contributed by atoms with Crippen molar-refractivity contribution >= 4 is 11.9 Å². The lowest BCUT2D eigenvalue weighted by Gasteiger charge is -2.51. The largest absolute Gasteiger partial charge is 0.480 e. The lowest BCUT2D eigenvalue weighted by molar-refractivity contribution is -0.185. The summed E-state index contributed by atoms with van der Waals surface area (Å²) in [6, 6.07) is 0. The van der Waals surface area contributed by atoms with Gasteiger partial charge in [-0.15, -0.1) is 0 Å². The molecule has 0 fully saturated rings. The fourth-order valence-electron chi connectivity index (χ4n) is 5.05. The summed E-state index contributed by atoms with van der Waals surface area (Å²) in [4.78, 5) is 24.9. The van der Waals surface area contributed by atoms with Crippen molar-refractivity contribution in [3.05, 3.63) is 0 Å². The molecule has 0 aromatic carbocycles. The summed E-state index contributed by atoms with van der Waals surface area (Å²) in [5.41, 5.74) is -2.35. The quantitative estimate of drug-likeness (QED) is 0.346. The van der Waals surface area contributed by atoms with E-state index in [4.69, 9.17) is 0 Å². The molecule has 25 heavy (non-hydrogen) atoms. The van der Waals surface area contributed by atoms with Gasteiger partial charge >= 0.3 is 11.9 Å². The Morgan fingerprint density at radius 3 is 1.52 bits per heavy atom. The third-order valence-electron chi connectivity index (χ3n) is 5.92. The monoisotopic (exact) mass is 356 g/mol. The van der Waals surface area contributed by atoms with Crippen molar-refractivity contribution in [3.8, 4) is 0 Å². The van der Waals surface area contributed by atoms with Crippen LogP contribution in [-0.4, -0.2) is 22.2 Å². The zero-order chi connectivity index (χ0) is 19.5. The fourth-order valence-corrected chi connectivity index (χ4v) is 5.05. The molecule has 0 heterocycles. The van der Waals surface area contributed by atoms with Crippen LogP contribution in [0.4, 0.5) is 0 Å². The highest BCUT2D eigenvalue weighted by atomic mass is 16.4. The van der Waals surface area contributed by atoms with Crippen molar-refractivity contribution < 1.29 is 19.8 Å². The highest BCUT2D eigenvalue weighted by Gasteiger charge is 2.62. The van der Waals surface area contributed by atoms with Crippen molar-refractivity contribution in [3.63, 3.8) is 0 Å². The van der Waals surface area contributed by atoms with Gasteiger partial charge in [0.25, 0.3) is 0 Å². The normalized spacial score (nSPS) is 13.6. The molecule has 0 spiro atoms. The maximum Gasteiger partial charge on any atom is 0.321 e. The average molecular weight is 357 g/mol. The first-order valence-corrected chi connectivity index (χ1v) is 10.3. The second-order valence-electron chi connectivity index (χ2n) is 7.55. The molecule has 2 N–H and O–H groups in total. The van der Waals surface area contributed by atoms with E-state index in [1.807, 2.05) is 20.8 Å². The first kappa shape index (κ1) is 23.9. The van der Waals surface area contributed by atoms with E-state index in [0.29, 0.717) is 19.3 Å². The van der Waals surface area contributed by atoms with Crippen molar-refractivity contribution in [2.45, 2.75) is 105 Å². The van der Waals surface area contributed by atoms with Crippen LogP contribution in [-0.2, 0) is 9.59 Å². The molecule has 0 amide bonds. The molecule has 148 valence electrons. The predicted octanol–water partition coefficient (Wildman–Crippen LogP) is 6.14. The van der Waals surface area contributed by atoms with Crippen LogP contribution in [0.3, 0.4) is 0 Å². The molecule has 0 aromatic heterocycles. The SMILES string of the molecule is CCCCC(CCC)C(CCC)(CCC)C(CCC)(C(=O)O)C(=O)O. The van der Waals surface area contributed by atoms with Crippen molar-refractivity contribution in [2.24, 2.45) is 16.7 Å². The Morgan fingerprint density at radius 1 is 0.720 bits per heavy atom. The Balaban J connectivity index is 6.53. The standard InChI is InChI=1S/C21H40O4/c1-6-11-13-17(12-7-2)20(14-8-3,15-9-4)21(16-10-5,18(22)23)19(24)25/h17H,6-16H2,1-5H3,(H,22,23)(H,24,25). The van der Waals surface area contributed by atoms with E-state index in [-0.39, 0.29) is 12.3 Å². The molecule has 0 aliphatic rings. The summed E-state index contributed by atoms with van der Waals surface area (Å²) in [6.07, 6.45) is 8.65. The molecule has 0 saturated carbocycles. The molecule has 0 saturated heterocycles. The van der Waals surface area contributed by atoms with Gasteiger partial charge in [0.05, 0.1) is 0 Å². The zero-order valence-electron chi connectivity index (χ0n) is 17.1. The van der Waals surface area contributed by atoms with E-state index in [0.717, 1.165) is 44.9 Å². The number of rotatable bonds is 15. The lowest BCUT2D eigenvalue weighted by atomic mass is 9.50. The molecule has 4 nitrogen and oxygen atoms in total. The summed E-state index contributed by atoms with van der Waals surface area (Å²) >= 11 is 0. The summed E-state index contributed by atoms with van der Waals surface area (Å²) in [5, 5.41) is 20.4. The van der Waals surface area contributed by atoms with Gasteiger partial charge in [-0.3, -0.25) is 9.59 Å². The molecule has 0 aliphatic carbocycles. The lowest BCUT2D eigenvalue weighted by Crippen LogP contribution is -2.56. The molecule has 1 atom stereocenters. The Kier molecular flexibility index (Phi) is 11.0. The number of unbranched alkanes of at least 4 members (excludes halogenated alkanes) is 1. The van der Waals surface area contributed by atoms with Gasteiger partial charge in [0.1, 0.15) is 0 Å². The van der Waals surface area contributed by atoms with Gasteiger partial charge in [-0.05, 0) is 31.6 Å².